The lowest BCUT2D eigenvalue weighted by molar-refractivity contribution is -0.127. The minimum Gasteiger partial charge on any atom is -0.353 e. The average Bonchev–Trinajstić information content (AvgIpc) is 3.18. The Hall–Kier alpha value is -1.88. The van der Waals surface area contributed by atoms with Gasteiger partial charge in [-0.05, 0) is 49.8 Å². The number of amides is 2. The Morgan fingerprint density at radius 1 is 1.19 bits per heavy atom. The van der Waals surface area contributed by atoms with Gasteiger partial charge in [-0.3, -0.25) is 9.59 Å². The second-order valence-electron chi connectivity index (χ2n) is 8.14. The fourth-order valence-electron chi connectivity index (χ4n) is 4.76. The highest BCUT2D eigenvalue weighted by molar-refractivity contribution is 6.00. The SMILES string of the molecule is CCCc1ccc(N2CC(C(=O)NC3CC4CCC(C3)N4)CC2=O)cc1. The van der Waals surface area contributed by atoms with Gasteiger partial charge in [0.25, 0.3) is 0 Å². The van der Waals surface area contributed by atoms with Crippen molar-refractivity contribution in [3.63, 3.8) is 0 Å². The zero-order valence-corrected chi connectivity index (χ0v) is 15.5. The maximum Gasteiger partial charge on any atom is 0.227 e. The zero-order chi connectivity index (χ0) is 18.1. The Morgan fingerprint density at radius 2 is 1.88 bits per heavy atom. The van der Waals surface area contributed by atoms with Gasteiger partial charge in [0, 0.05) is 36.8 Å². The normalized spacial score (nSPS) is 30.7. The van der Waals surface area contributed by atoms with Crippen molar-refractivity contribution in [3.05, 3.63) is 29.8 Å². The van der Waals surface area contributed by atoms with Crippen molar-refractivity contribution in [2.24, 2.45) is 5.92 Å². The molecule has 4 rings (SSSR count). The van der Waals surface area contributed by atoms with Gasteiger partial charge in [0.05, 0.1) is 5.92 Å². The van der Waals surface area contributed by atoms with Gasteiger partial charge in [-0.1, -0.05) is 25.5 Å². The third-order valence-corrected chi connectivity index (χ3v) is 6.10. The molecule has 5 nitrogen and oxygen atoms in total. The van der Waals surface area contributed by atoms with Crippen molar-refractivity contribution in [1.29, 1.82) is 0 Å². The van der Waals surface area contributed by atoms with E-state index in [1.165, 1.54) is 18.4 Å². The summed E-state index contributed by atoms with van der Waals surface area (Å²) in [7, 11) is 0. The number of aryl methyl sites for hydroxylation is 1. The molecule has 3 heterocycles. The summed E-state index contributed by atoms with van der Waals surface area (Å²) in [6, 6.07) is 9.57. The largest absolute Gasteiger partial charge is 0.353 e. The van der Waals surface area contributed by atoms with Crippen LogP contribution in [0.15, 0.2) is 24.3 Å². The average molecular weight is 355 g/mol. The molecular weight excluding hydrogens is 326 g/mol. The molecular formula is C21H29N3O2. The first-order valence-corrected chi connectivity index (χ1v) is 10.1. The van der Waals surface area contributed by atoms with Gasteiger partial charge < -0.3 is 15.5 Å². The van der Waals surface area contributed by atoms with Crippen LogP contribution in [0.4, 0.5) is 5.69 Å². The predicted molar refractivity (Wildman–Crippen MR) is 102 cm³/mol. The molecule has 2 amide bonds. The third-order valence-electron chi connectivity index (χ3n) is 6.10. The second-order valence-corrected chi connectivity index (χ2v) is 8.14. The summed E-state index contributed by atoms with van der Waals surface area (Å²) in [5.41, 5.74) is 2.20. The van der Waals surface area contributed by atoms with Gasteiger partial charge in [0.1, 0.15) is 0 Å². The van der Waals surface area contributed by atoms with Gasteiger partial charge in [0.15, 0.2) is 0 Å². The van der Waals surface area contributed by atoms with Crippen LogP contribution in [-0.2, 0) is 16.0 Å². The summed E-state index contributed by atoms with van der Waals surface area (Å²) in [5, 5.41) is 6.82. The maximum atomic E-state index is 12.7. The highest BCUT2D eigenvalue weighted by Crippen LogP contribution is 2.29. The molecule has 3 fully saturated rings. The van der Waals surface area contributed by atoms with E-state index in [0.717, 1.165) is 31.4 Å². The van der Waals surface area contributed by atoms with E-state index < -0.39 is 0 Å². The number of fused-ring (bicyclic) bond motifs is 2. The fourth-order valence-corrected chi connectivity index (χ4v) is 4.76. The number of hydrogen-bond donors (Lipinski definition) is 2. The molecule has 0 aromatic heterocycles. The van der Waals surface area contributed by atoms with Crippen molar-refractivity contribution >= 4 is 17.5 Å². The molecule has 1 aromatic rings. The maximum absolute atomic E-state index is 12.7. The number of nitrogens with zero attached hydrogens (tertiary/aromatic N) is 1. The van der Waals surface area contributed by atoms with Gasteiger partial charge in [-0.15, -0.1) is 0 Å². The fraction of sp³-hybridized carbons (Fsp3) is 0.619. The minimum absolute atomic E-state index is 0.0507. The topological polar surface area (TPSA) is 61.4 Å². The molecule has 3 aliphatic rings. The van der Waals surface area contributed by atoms with Crippen LogP contribution >= 0.6 is 0 Å². The summed E-state index contributed by atoms with van der Waals surface area (Å²) >= 11 is 0. The summed E-state index contributed by atoms with van der Waals surface area (Å²) in [5.74, 6) is -0.126. The van der Waals surface area contributed by atoms with E-state index in [4.69, 9.17) is 0 Å². The summed E-state index contributed by atoms with van der Waals surface area (Å²) < 4.78 is 0. The van der Waals surface area contributed by atoms with Gasteiger partial charge in [0.2, 0.25) is 11.8 Å². The van der Waals surface area contributed by atoms with E-state index in [9.17, 15) is 9.59 Å². The number of nitrogens with one attached hydrogen (secondary N) is 2. The third kappa shape index (κ3) is 3.63. The van der Waals surface area contributed by atoms with Crippen LogP contribution in [0.1, 0.15) is 51.0 Å². The summed E-state index contributed by atoms with van der Waals surface area (Å²) in [6.07, 6.45) is 6.97. The number of carbonyl (C=O) groups is 2. The number of benzene rings is 1. The van der Waals surface area contributed by atoms with Crippen molar-refractivity contribution in [3.8, 4) is 0 Å². The van der Waals surface area contributed by atoms with Gasteiger partial charge in [-0.25, -0.2) is 0 Å². The van der Waals surface area contributed by atoms with E-state index in [1.54, 1.807) is 4.90 Å². The lowest BCUT2D eigenvalue weighted by atomic mass is 9.98. The number of anilines is 1. The number of rotatable bonds is 5. The first-order valence-electron chi connectivity index (χ1n) is 10.1. The van der Waals surface area contributed by atoms with E-state index in [2.05, 4.69) is 29.7 Å². The molecule has 0 radical (unpaired) electrons. The van der Waals surface area contributed by atoms with Crippen LogP contribution in [0.3, 0.4) is 0 Å². The molecule has 0 spiro atoms. The Balaban J connectivity index is 1.35. The zero-order valence-electron chi connectivity index (χ0n) is 15.5. The van der Waals surface area contributed by atoms with Crippen LogP contribution in [0.25, 0.3) is 0 Å². The van der Waals surface area contributed by atoms with Gasteiger partial charge >= 0.3 is 0 Å². The molecule has 140 valence electrons. The Labute approximate surface area is 155 Å². The van der Waals surface area contributed by atoms with Gasteiger partial charge in [-0.2, -0.15) is 0 Å². The van der Waals surface area contributed by atoms with E-state index in [-0.39, 0.29) is 23.8 Å². The molecule has 5 heteroatoms. The van der Waals surface area contributed by atoms with Crippen LogP contribution in [0, 0.1) is 5.92 Å². The predicted octanol–water partition coefficient (Wildman–Crippen LogP) is 2.39. The molecule has 0 saturated carbocycles. The first-order chi connectivity index (χ1) is 12.6. The van der Waals surface area contributed by atoms with Crippen molar-refractivity contribution < 1.29 is 9.59 Å². The van der Waals surface area contributed by atoms with Crippen LogP contribution in [0.2, 0.25) is 0 Å². The molecule has 2 bridgehead atoms. The molecule has 1 aromatic carbocycles. The van der Waals surface area contributed by atoms with E-state index in [0.29, 0.717) is 25.0 Å². The molecule has 3 atom stereocenters. The minimum atomic E-state index is -0.231. The smallest absolute Gasteiger partial charge is 0.227 e. The lowest BCUT2D eigenvalue weighted by Crippen LogP contribution is -2.49. The van der Waals surface area contributed by atoms with E-state index >= 15 is 0 Å². The number of hydrogen-bond acceptors (Lipinski definition) is 3. The highest BCUT2D eigenvalue weighted by atomic mass is 16.2. The number of carbonyl (C=O) groups excluding carboxylic acids is 2. The van der Waals surface area contributed by atoms with E-state index in [1.807, 2.05) is 12.1 Å². The summed E-state index contributed by atoms with van der Waals surface area (Å²) in [4.78, 5) is 26.9. The highest BCUT2D eigenvalue weighted by Gasteiger charge is 2.38. The molecule has 3 unspecified atom stereocenters. The second kappa shape index (κ2) is 7.39. The quantitative estimate of drug-likeness (QED) is 0.853. The van der Waals surface area contributed by atoms with Crippen molar-refractivity contribution in [2.45, 2.75) is 70.0 Å². The Bertz CT molecular complexity index is 660. The number of piperidine rings is 1. The standard InChI is InChI=1S/C21H29N3O2/c1-2-3-14-4-8-19(9-5-14)24-13-15(10-20(24)25)21(26)23-18-11-16-6-7-17(12-18)22-16/h4-5,8-9,15-18,22H,2-3,6-7,10-13H2,1H3,(H,23,26). The van der Waals surface area contributed by atoms with Crippen LogP contribution in [-0.4, -0.2) is 36.5 Å². The molecule has 26 heavy (non-hydrogen) atoms. The Morgan fingerprint density at radius 3 is 2.54 bits per heavy atom. The molecule has 3 saturated heterocycles. The van der Waals surface area contributed by atoms with Crippen molar-refractivity contribution in [1.82, 2.24) is 10.6 Å². The monoisotopic (exact) mass is 355 g/mol. The van der Waals surface area contributed by atoms with Crippen LogP contribution in [0.5, 0.6) is 0 Å². The molecule has 3 aliphatic heterocycles. The first kappa shape index (κ1) is 17.5. The molecule has 0 aliphatic carbocycles. The van der Waals surface area contributed by atoms with Crippen molar-refractivity contribution in [2.75, 3.05) is 11.4 Å². The Kier molecular flexibility index (Phi) is 4.98. The van der Waals surface area contributed by atoms with Crippen LogP contribution < -0.4 is 15.5 Å². The lowest BCUT2D eigenvalue weighted by Gasteiger charge is -2.30. The summed E-state index contributed by atoms with van der Waals surface area (Å²) in [6.45, 7) is 2.66. The molecule has 2 N–H and O–H groups in total.